The molecule has 2 aromatic carbocycles. The summed E-state index contributed by atoms with van der Waals surface area (Å²) in [6, 6.07) is 14.4. The van der Waals surface area contributed by atoms with Crippen LogP contribution in [-0.2, 0) is 9.59 Å². The van der Waals surface area contributed by atoms with Crippen LogP contribution in [0.3, 0.4) is 0 Å². The predicted molar refractivity (Wildman–Crippen MR) is 142 cm³/mol. The molecule has 1 unspecified atom stereocenters. The largest absolute Gasteiger partial charge is 0.352 e. The molecule has 8 nitrogen and oxygen atoms in total. The van der Waals surface area contributed by atoms with Gasteiger partial charge in [0.05, 0.1) is 17.4 Å². The van der Waals surface area contributed by atoms with Gasteiger partial charge in [0.15, 0.2) is 0 Å². The molecule has 2 saturated heterocycles. The van der Waals surface area contributed by atoms with Crippen LogP contribution < -0.4 is 15.5 Å². The molecule has 2 aromatic rings. The van der Waals surface area contributed by atoms with E-state index in [1.165, 1.54) is 0 Å². The van der Waals surface area contributed by atoms with Crippen molar-refractivity contribution in [3.05, 3.63) is 58.6 Å². The number of nitrogens with zero attached hydrogens (tertiary/aromatic N) is 3. The number of urea groups is 1. The molecule has 36 heavy (non-hydrogen) atoms. The van der Waals surface area contributed by atoms with Gasteiger partial charge in [0.1, 0.15) is 12.1 Å². The van der Waals surface area contributed by atoms with Crippen LogP contribution >= 0.6 is 23.2 Å². The molecule has 1 atom stereocenters. The molecule has 10 heteroatoms. The topological polar surface area (TPSA) is 85.0 Å². The molecule has 0 aromatic heterocycles. The molecule has 1 spiro atoms. The van der Waals surface area contributed by atoms with Crippen LogP contribution in [0.1, 0.15) is 33.1 Å². The maximum atomic E-state index is 13.8. The third-order valence-corrected chi connectivity index (χ3v) is 7.53. The van der Waals surface area contributed by atoms with Gasteiger partial charge in [0.2, 0.25) is 5.91 Å². The minimum atomic E-state index is -0.813. The van der Waals surface area contributed by atoms with E-state index in [2.05, 4.69) is 15.5 Å². The van der Waals surface area contributed by atoms with Crippen LogP contribution in [0.15, 0.2) is 48.5 Å². The van der Waals surface area contributed by atoms with Gasteiger partial charge in [-0.25, -0.2) is 4.79 Å². The molecule has 4 amide bonds. The number of para-hydroxylation sites is 1. The average molecular weight is 532 g/mol. The number of carbonyl (C=O) groups excluding carboxylic acids is 3. The third-order valence-electron chi connectivity index (χ3n) is 6.99. The lowest BCUT2D eigenvalue weighted by atomic mass is 9.85. The monoisotopic (exact) mass is 531 g/mol. The smallest absolute Gasteiger partial charge is 0.321 e. The quantitative estimate of drug-likeness (QED) is 0.571. The Kier molecular flexibility index (Phi) is 7.95. The van der Waals surface area contributed by atoms with Crippen LogP contribution in [0.5, 0.6) is 0 Å². The van der Waals surface area contributed by atoms with E-state index in [-0.39, 0.29) is 30.4 Å². The summed E-state index contributed by atoms with van der Waals surface area (Å²) in [6.45, 7) is 5.05. The number of benzene rings is 2. The lowest BCUT2D eigenvalue weighted by Gasteiger charge is -2.43. The number of hydrogen-bond donors (Lipinski definition) is 2. The zero-order chi connectivity index (χ0) is 25.9. The highest BCUT2D eigenvalue weighted by molar-refractivity contribution is 6.36. The zero-order valence-corrected chi connectivity index (χ0v) is 22.0. The molecular formula is C26H31Cl2N5O3. The van der Waals surface area contributed by atoms with Crippen molar-refractivity contribution in [1.82, 2.24) is 15.1 Å². The summed E-state index contributed by atoms with van der Waals surface area (Å²) >= 11 is 12.2. The van der Waals surface area contributed by atoms with Gasteiger partial charge >= 0.3 is 6.03 Å². The van der Waals surface area contributed by atoms with E-state index >= 15 is 0 Å². The molecule has 2 aliphatic rings. The Balaban J connectivity index is 1.49. The number of hydrogen-bond acceptors (Lipinski definition) is 4. The highest BCUT2D eigenvalue weighted by Crippen LogP contribution is 2.39. The number of rotatable bonds is 6. The molecule has 2 heterocycles. The molecule has 192 valence electrons. The van der Waals surface area contributed by atoms with Gasteiger partial charge in [-0.05, 0) is 56.5 Å². The van der Waals surface area contributed by atoms with E-state index in [1.54, 1.807) is 28.0 Å². The molecule has 0 saturated carbocycles. The summed E-state index contributed by atoms with van der Waals surface area (Å²) in [5.74, 6) is -0.245. The second-order valence-electron chi connectivity index (χ2n) is 9.36. The Morgan fingerprint density at radius 3 is 2.42 bits per heavy atom. The SMILES string of the molecule is CCC(C)NC(=O)CN1CN(c2ccccc2)C2(CCN(C(=O)Nc3ccc(Cl)cc3Cl)CC2)C1=O. The Morgan fingerprint density at radius 2 is 1.78 bits per heavy atom. The van der Waals surface area contributed by atoms with E-state index < -0.39 is 5.54 Å². The van der Waals surface area contributed by atoms with Gasteiger partial charge in [0.25, 0.3) is 5.91 Å². The molecule has 0 radical (unpaired) electrons. The summed E-state index contributed by atoms with van der Waals surface area (Å²) in [5.41, 5.74) is 0.585. The molecule has 4 rings (SSSR count). The number of amides is 4. The first-order valence-electron chi connectivity index (χ1n) is 12.2. The maximum Gasteiger partial charge on any atom is 0.321 e. The normalized spacial score (nSPS) is 17.9. The van der Waals surface area contributed by atoms with Crippen molar-refractivity contribution < 1.29 is 14.4 Å². The molecule has 2 aliphatic heterocycles. The minimum absolute atomic E-state index is 0.00746. The Labute approximate surface area is 221 Å². The van der Waals surface area contributed by atoms with Gasteiger partial charge in [0, 0.05) is 29.8 Å². The van der Waals surface area contributed by atoms with Gasteiger partial charge in [-0.3, -0.25) is 9.59 Å². The van der Waals surface area contributed by atoms with Gasteiger partial charge in [-0.1, -0.05) is 48.3 Å². The van der Waals surface area contributed by atoms with Crippen LogP contribution in [0.2, 0.25) is 10.0 Å². The first-order valence-corrected chi connectivity index (χ1v) is 12.9. The van der Waals surface area contributed by atoms with Crippen molar-refractivity contribution in [3.8, 4) is 0 Å². The van der Waals surface area contributed by atoms with Crippen LogP contribution in [0.25, 0.3) is 0 Å². The molecule has 2 N–H and O–H groups in total. The second-order valence-corrected chi connectivity index (χ2v) is 10.2. The van der Waals surface area contributed by atoms with Crippen LogP contribution in [0, 0.1) is 0 Å². The number of likely N-dealkylation sites (tertiary alicyclic amines) is 1. The zero-order valence-electron chi connectivity index (χ0n) is 20.5. The minimum Gasteiger partial charge on any atom is -0.352 e. The highest BCUT2D eigenvalue weighted by atomic mass is 35.5. The predicted octanol–water partition coefficient (Wildman–Crippen LogP) is 4.58. The van der Waals surface area contributed by atoms with Crippen molar-refractivity contribution >= 4 is 52.4 Å². The number of piperidine rings is 1. The van der Waals surface area contributed by atoms with Gasteiger partial charge < -0.3 is 25.3 Å². The van der Waals surface area contributed by atoms with E-state index in [9.17, 15) is 14.4 Å². The average Bonchev–Trinajstić information content (AvgIpc) is 3.12. The summed E-state index contributed by atoms with van der Waals surface area (Å²) in [7, 11) is 0. The van der Waals surface area contributed by atoms with Gasteiger partial charge in [-0.15, -0.1) is 0 Å². The van der Waals surface area contributed by atoms with Gasteiger partial charge in [-0.2, -0.15) is 0 Å². The fourth-order valence-corrected chi connectivity index (χ4v) is 5.24. The summed E-state index contributed by atoms with van der Waals surface area (Å²) in [6.07, 6.45) is 1.72. The summed E-state index contributed by atoms with van der Waals surface area (Å²) in [4.78, 5) is 44.7. The lowest BCUT2D eigenvalue weighted by molar-refractivity contribution is -0.137. The lowest BCUT2D eigenvalue weighted by Crippen LogP contribution is -2.58. The van der Waals surface area contributed by atoms with Crippen molar-refractivity contribution in [3.63, 3.8) is 0 Å². The number of halogens is 2. The van der Waals surface area contributed by atoms with Crippen molar-refractivity contribution in [2.24, 2.45) is 0 Å². The molecular weight excluding hydrogens is 501 g/mol. The maximum absolute atomic E-state index is 13.8. The fraction of sp³-hybridized carbons (Fsp3) is 0.423. The van der Waals surface area contributed by atoms with Crippen molar-refractivity contribution in [1.29, 1.82) is 0 Å². The van der Waals surface area contributed by atoms with E-state index in [1.807, 2.05) is 44.2 Å². The number of nitrogens with one attached hydrogen (secondary N) is 2. The summed E-state index contributed by atoms with van der Waals surface area (Å²) < 4.78 is 0. The van der Waals surface area contributed by atoms with Crippen LogP contribution in [0.4, 0.5) is 16.2 Å². The van der Waals surface area contributed by atoms with Crippen molar-refractivity contribution in [2.45, 2.75) is 44.7 Å². The molecule has 2 fully saturated rings. The Bertz CT molecular complexity index is 1120. The van der Waals surface area contributed by atoms with E-state index in [0.29, 0.717) is 48.3 Å². The Hall–Kier alpha value is -2.97. The van der Waals surface area contributed by atoms with Crippen LogP contribution in [-0.4, -0.2) is 65.5 Å². The first-order chi connectivity index (χ1) is 17.2. The number of carbonyl (C=O) groups is 3. The first kappa shape index (κ1) is 26.1. The second kappa shape index (κ2) is 11.0. The van der Waals surface area contributed by atoms with E-state index in [4.69, 9.17) is 23.2 Å². The molecule has 0 bridgehead atoms. The fourth-order valence-electron chi connectivity index (χ4n) is 4.78. The van der Waals surface area contributed by atoms with E-state index in [0.717, 1.165) is 12.1 Å². The number of anilines is 2. The third kappa shape index (κ3) is 5.39. The highest BCUT2D eigenvalue weighted by Gasteiger charge is 2.54. The standard InChI is InChI=1S/C26H31Cl2N5O3/c1-3-18(2)29-23(34)16-32-17-33(20-7-5-4-6-8-20)26(24(32)35)11-13-31(14-12-26)25(36)30-22-10-9-19(27)15-21(22)28/h4-10,15,18H,3,11-14,16-17H2,1-2H3,(H,29,34)(H,30,36). The Morgan fingerprint density at radius 1 is 1.08 bits per heavy atom. The molecule has 0 aliphatic carbocycles. The summed E-state index contributed by atoms with van der Waals surface area (Å²) in [5, 5.41) is 6.62. The van der Waals surface area contributed by atoms with Crippen molar-refractivity contribution in [2.75, 3.05) is 36.5 Å².